The fraction of sp³-hybridized carbons (Fsp3) is 0.556. The molecule has 0 radical (unpaired) electrons. The van der Waals surface area contributed by atoms with Gasteiger partial charge in [0.15, 0.2) is 4.77 Å². The van der Waals surface area contributed by atoms with Crippen LogP contribution in [-0.2, 0) is 16.6 Å². The molecule has 2 rings (SSSR count). The minimum Gasteiger partial charge on any atom is -0.483 e. The molecule has 0 fully saturated rings. The Kier molecular flexibility index (Phi) is 5.81. The molecule has 0 amide bonds. The summed E-state index contributed by atoms with van der Waals surface area (Å²) in [4.78, 5) is 3.00. The fourth-order valence-corrected chi connectivity index (χ4v) is 3.31. The minimum atomic E-state index is 0.0823. The summed E-state index contributed by atoms with van der Waals surface area (Å²) in [5.41, 5.74) is 2.92. The van der Waals surface area contributed by atoms with E-state index in [9.17, 15) is 0 Å². The second-order valence-electron chi connectivity index (χ2n) is 7.94. The molecule has 6 heteroatoms. The summed E-state index contributed by atoms with van der Waals surface area (Å²) in [6, 6.07) is 6.45. The molecule has 0 unspecified atom stereocenters. The summed E-state index contributed by atoms with van der Waals surface area (Å²) in [6.45, 7) is 13.5. The number of nitrogens with one attached hydrogen (secondary N) is 2. The fourth-order valence-electron chi connectivity index (χ4n) is 2.51. The molecule has 2 aromatic rings. The number of H-pyrrole nitrogens is 2. The van der Waals surface area contributed by atoms with Crippen molar-refractivity contribution < 1.29 is 4.74 Å². The van der Waals surface area contributed by atoms with Gasteiger partial charge in [0.25, 0.3) is 0 Å². The molecule has 0 aliphatic heterocycles. The Morgan fingerprint density at radius 1 is 1.08 bits per heavy atom. The van der Waals surface area contributed by atoms with Gasteiger partial charge in [-0.15, -0.1) is 11.8 Å². The maximum atomic E-state index is 5.92. The number of hydrogen-bond acceptors (Lipinski definition) is 4. The number of hydrogen-bond donors (Lipinski definition) is 2. The van der Waals surface area contributed by atoms with Crippen molar-refractivity contribution in [3.63, 3.8) is 0 Å². The summed E-state index contributed by atoms with van der Waals surface area (Å²) in [6.07, 6.45) is 0. The van der Waals surface area contributed by atoms with Crippen molar-refractivity contribution in [2.75, 3.05) is 5.94 Å². The quantitative estimate of drug-likeness (QED) is 0.427. The first-order chi connectivity index (χ1) is 11.1. The highest BCUT2D eigenvalue weighted by atomic mass is 32.2. The van der Waals surface area contributed by atoms with Crippen molar-refractivity contribution in [2.45, 2.75) is 58.1 Å². The van der Waals surface area contributed by atoms with Crippen LogP contribution in [-0.4, -0.2) is 21.1 Å². The van der Waals surface area contributed by atoms with Crippen LogP contribution in [0.4, 0.5) is 0 Å². The summed E-state index contributed by atoms with van der Waals surface area (Å²) in [7, 11) is 0. The van der Waals surface area contributed by atoms with Gasteiger partial charge in [0.1, 0.15) is 17.5 Å². The second-order valence-corrected chi connectivity index (χ2v) is 9.28. The van der Waals surface area contributed by atoms with Gasteiger partial charge in [-0.3, -0.25) is 5.10 Å². The summed E-state index contributed by atoms with van der Waals surface area (Å²) < 4.78 is 6.48. The number of ether oxygens (including phenoxy) is 1. The Morgan fingerprint density at radius 2 is 1.75 bits per heavy atom. The van der Waals surface area contributed by atoms with Crippen molar-refractivity contribution in [1.29, 1.82) is 0 Å². The van der Waals surface area contributed by atoms with Crippen LogP contribution in [0.25, 0.3) is 0 Å². The van der Waals surface area contributed by atoms with Gasteiger partial charge >= 0.3 is 0 Å². The second kappa shape index (κ2) is 7.31. The van der Waals surface area contributed by atoms with Gasteiger partial charge in [0, 0.05) is 0 Å². The molecule has 0 aliphatic rings. The minimum absolute atomic E-state index is 0.0823. The molecule has 1 aromatic carbocycles. The number of aromatic amines is 2. The lowest BCUT2D eigenvalue weighted by atomic mass is 9.75. The van der Waals surface area contributed by atoms with Crippen molar-refractivity contribution in [3.8, 4) is 5.75 Å². The van der Waals surface area contributed by atoms with E-state index in [1.807, 2.05) is 0 Å². The van der Waals surface area contributed by atoms with E-state index in [1.54, 1.807) is 11.8 Å². The molecular formula is C18H27N3OS2. The Bertz CT molecular complexity index is 736. The van der Waals surface area contributed by atoms with E-state index in [1.165, 1.54) is 11.1 Å². The molecule has 0 bridgehead atoms. The third-order valence-electron chi connectivity index (χ3n) is 3.70. The molecule has 0 saturated carbocycles. The normalized spacial score (nSPS) is 12.4. The molecule has 1 heterocycles. The zero-order valence-electron chi connectivity index (χ0n) is 15.3. The standard InChI is InChI=1S/C18H27N3OS2/c1-17(2,3)13-8-7-12(9-14(13)18(4,5)6)22-11-24-10-15-19-16(23)21-20-15/h7-9H,10-11H2,1-6H3,(H2,19,20,21,23). The lowest BCUT2D eigenvalue weighted by Crippen LogP contribution is -2.22. The Balaban J connectivity index is 2.04. The lowest BCUT2D eigenvalue weighted by Gasteiger charge is -2.30. The van der Waals surface area contributed by atoms with E-state index < -0.39 is 0 Å². The Morgan fingerprint density at radius 3 is 2.29 bits per heavy atom. The van der Waals surface area contributed by atoms with E-state index in [-0.39, 0.29) is 10.8 Å². The SMILES string of the molecule is CC(C)(C)c1ccc(OCSCc2n[nH]c(=S)[nH]2)cc1C(C)(C)C. The number of thioether (sulfide) groups is 1. The zero-order chi connectivity index (χ0) is 18.0. The monoisotopic (exact) mass is 365 g/mol. The van der Waals surface area contributed by atoms with Crippen LogP contribution in [0.5, 0.6) is 5.75 Å². The van der Waals surface area contributed by atoms with Gasteiger partial charge in [-0.1, -0.05) is 47.6 Å². The Hall–Kier alpha value is -1.27. The van der Waals surface area contributed by atoms with Crippen molar-refractivity contribution in [2.24, 2.45) is 0 Å². The maximum absolute atomic E-state index is 5.92. The van der Waals surface area contributed by atoms with E-state index in [2.05, 4.69) is 74.9 Å². The van der Waals surface area contributed by atoms with Crippen molar-refractivity contribution in [3.05, 3.63) is 39.9 Å². The van der Waals surface area contributed by atoms with Gasteiger partial charge in [0.05, 0.1) is 5.75 Å². The Labute approximate surface area is 153 Å². The summed E-state index contributed by atoms with van der Waals surface area (Å²) in [5.74, 6) is 3.06. The first kappa shape index (κ1) is 19.1. The predicted octanol–water partition coefficient (Wildman–Crippen LogP) is 5.33. The lowest BCUT2D eigenvalue weighted by molar-refractivity contribution is 0.390. The van der Waals surface area contributed by atoms with Crippen molar-refractivity contribution in [1.82, 2.24) is 15.2 Å². The first-order valence-electron chi connectivity index (χ1n) is 8.06. The van der Waals surface area contributed by atoms with Crippen molar-refractivity contribution >= 4 is 24.0 Å². The molecule has 0 spiro atoms. The number of rotatable bonds is 5. The number of aromatic nitrogens is 3. The van der Waals surface area contributed by atoms with E-state index in [4.69, 9.17) is 17.0 Å². The number of nitrogens with zero attached hydrogens (tertiary/aromatic N) is 1. The first-order valence-corrected chi connectivity index (χ1v) is 9.63. The van der Waals surface area contributed by atoms with Crippen LogP contribution >= 0.6 is 24.0 Å². The topological polar surface area (TPSA) is 53.7 Å². The van der Waals surface area contributed by atoms with Crippen LogP contribution < -0.4 is 4.74 Å². The highest BCUT2D eigenvalue weighted by molar-refractivity contribution is 7.98. The summed E-state index contributed by atoms with van der Waals surface area (Å²) >= 11 is 6.62. The van der Waals surface area contributed by atoms with Crippen LogP contribution in [0.15, 0.2) is 18.2 Å². The average Bonchev–Trinajstić information content (AvgIpc) is 2.87. The third kappa shape index (κ3) is 5.11. The molecule has 4 nitrogen and oxygen atoms in total. The van der Waals surface area contributed by atoms with Crippen LogP contribution in [0.2, 0.25) is 0 Å². The highest BCUT2D eigenvalue weighted by Gasteiger charge is 2.25. The average molecular weight is 366 g/mol. The van der Waals surface area contributed by atoms with E-state index in [0.717, 1.165) is 17.3 Å². The molecule has 132 valence electrons. The van der Waals surface area contributed by atoms with Crippen LogP contribution in [0.1, 0.15) is 58.5 Å². The summed E-state index contributed by atoms with van der Waals surface area (Å²) in [5, 5.41) is 6.81. The molecular weight excluding hydrogens is 338 g/mol. The smallest absolute Gasteiger partial charge is 0.192 e. The maximum Gasteiger partial charge on any atom is 0.192 e. The molecule has 0 atom stereocenters. The zero-order valence-corrected chi connectivity index (χ0v) is 17.0. The van der Waals surface area contributed by atoms with Gasteiger partial charge in [-0.25, -0.2) is 0 Å². The number of benzene rings is 1. The van der Waals surface area contributed by atoms with Gasteiger partial charge in [0.2, 0.25) is 0 Å². The van der Waals surface area contributed by atoms with E-state index in [0.29, 0.717) is 10.7 Å². The molecule has 0 saturated heterocycles. The highest BCUT2D eigenvalue weighted by Crippen LogP contribution is 2.36. The molecule has 1 aromatic heterocycles. The van der Waals surface area contributed by atoms with Crippen LogP contribution in [0, 0.1) is 4.77 Å². The van der Waals surface area contributed by atoms with Gasteiger partial charge in [-0.2, -0.15) is 5.10 Å². The van der Waals surface area contributed by atoms with Gasteiger partial charge in [-0.05, 0) is 46.3 Å². The third-order valence-corrected chi connectivity index (χ3v) is 4.66. The predicted molar refractivity (Wildman–Crippen MR) is 104 cm³/mol. The molecule has 2 N–H and O–H groups in total. The van der Waals surface area contributed by atoms with E-state index >= 15 is 0 Å². The molecule has 0 aliphatic carbocycles. The largest absolute Gasteiger partial charge is 0.483 e. The van der Waals surface area contributed by atoms with Crippen LogP contribution in [0.3, 0.4) is 0 Å². The molecule has 24 heavy (non-hydrogen) atoms. The van der Waals surface area contributed by atoms with Gasteiger partial charge < -0.3 is 9.72 Å².